The molecule has 0 amide bonds. The lowest BCUT2D eigenvalue weighted by Crippen LogP contribution is -2.14. The van der Waals surface area contributed by atoms with Crippen molar-refractivity contribution in [2.75, 3.05) is 0 Å². The molecular weight excluding hydrogens is 269 g/mol. The lowest BCUT2D eigenvalue weighted by molar-refractivity contribution is 0.715. The Hall–Kier alpha value is -1.03. The maximum absolute atomic E-state index is 6.21. The van der Waals surface area contributed by atoms with Crippen LogP contribution >= 0.6 is 23.2 Å². The van der Waals surface area contributed by atoms with Gasteiger partial charge in [0.15, 0.2) is 0 Å². The van der Waals surface area contributed by atoms with Gasteiger partial charge in [-0.25, -0.2) is 0 Å². The van der Waals surface area contributed by atoms with Gasteiger partial charge in [0.25, 0.3) is 0 Å². The number of nitrogens with zero attached hydrogens (tertiary/aromatic N) is 2. The number of aryl methyl sites for hydroxylation is 2. The van der Waals surface area contributed by atoms with Gasteiger partial charge in [0.1, 0.15) is 0 Å². The predicted molar refractivity (Wildman–Crippen MR) is 75.0 cm³/mol. The van der Waals surface area contributed by atoms with Crippen molar-refractivity contribution < 1.29 is 0 Å². The third kappa shape index (κ3) is 2.86. The molecule has 18 heavy (non-hydrogen) atoms. The summed E-state index contributed by atoms with van der Waals surface area (Å²) >= 11 is 12.1. The molecule has 0 aliphatic rings. The summed E-state index contributed by atoms with van der Waals surface area (Å²) in [6.45, 7) is 1.95. The Balaban J connectivity index is 2.23. The summed E-state index contributed by atoms with van der Waals surface area (Å²) in [4.78, 5) is 0. The molecule has 0 saturated heterocycles. The lowest BCUT2D eigenvalue weighted by Gasteiger charge is -2.12. The van der Waals surface area contributed by atoms with E-state index >= 15 is 0 Å². The molecule has 2 aromatic rings. The minimum atomic E-state index is -0.130. The highest BCUT2D eigenvalue weighted by Gasteiger charge is 2.14. The van der Waals surface area contributed by atoms with Crippen LogP contribution in [0.5, 0.6) is 0 Å². The van der Waals surface area contributed by atoms with Gasteiger partial charge < -0.3 is 5.73 Å². The second-order valence-corrected chi connectivity index (χ2v) is 5.23. The number of halogens is 2. The molecule has 2 rings (SSSR count). The Kier molecular flexibility index (Phi) is 3.95. The van der Waals surface area contributed by atoms with E-state index in [0.29, 0.717) is 16.5 Å². The molecular formula is C13H15Cl2N3. The van der Waals surface area contributed by atoms with Crippen LogP contribution in [0.4, 0.5) is 0 Å². The van der Waals surface area contributed by atoms with E-state index in [1.165, 1.54) is 0 Å². The standard InChI is InChI=1S/C13H15Cl2N3/c1-8-11(7-18(2)17-8)13(16)6-9-5-10(14)3-4-12(9)15/h3-5,7,13H,6,16H2,1-2H3. The molecule has 2 N–H and O–H groups in total. The van der Waals surface area contributed by atoms with Crippen LogP contribution in [0, 0.1) is 6.92 Å². The van der Waals surface area contributed by atoms with E-state index in [1.54, 1.807) is 16.8 Å². The van der Waals surface area contributed by atoms with Crippen LogP contribution in [-0.4, -0.2) is 9.78 Å². The van der Waals surface area contributed by atoms with Crippen LogP contribution in [-0.2, 0) is 13.5 Å². The van der Waals surface area contributed by atoms with E-state index in [0.717, 1.165) is 16.8 Å². The summed E-state index contributed by atoms with van der Waals surface area (Å²) in [5.41, 5.74) is 9.15. The molecule has 1 heterocycles. The zero-order valence-electron chi connectivity index (χ0n) is 10.3. The van der Waals surface area contributed by atoms with Gasteiger partial charge in [-0.15, -0.1) is 0 Å². The highest BCUT2D eigenvalue weighted by molar-refractivity contribution is 6.33. The quantitative estimate of drug-likeness (QED) is 0.940. The molecule has 5 heteroatoms. The molecule has 0 radical (unpaired) electrons. The van der Waals surface area contributed by atoms with Gasteiger partial charge in [-0.05, 0) is 37.1 Å². The third-order valence-corrected chi connectivity index (χ3v) is 3.50. The van der Waals surface area contributed by atoms with Crippen molar-refractivity contribution >= 4 is 23.2 Å². The smallest absolute Gasteiger partial charge is 0.0641 e. The average molecular weight is 284 g/mol. The number of hydrogen-bond acceptors (Lipinski definition) is 2. The summed E-state index contributed by atoms with van der Waals surface area (Å²) < 4.78 is 1.77. The summed E-state index contributed by atoms with van der Waals surface area (Å²) in [6, 6.07) is 5.29. The molecule has 3 nitrogen and oxygen atoms in total. The SMILES string of the molecule is Cc1nn(C)cc1C(N)Cc1cc(Cl)ccc1Cl. The van der Waals surface area contributed by atoms with Crippen LogP contribution in [0.1, 0.15) is 22.9 Å². The van der Waals surface area contributed by atoms with E-state index in [4.69, 9.17) is 28.9 Å². The summed E-state index contributed by atoms with van der Waals surface area (Å²) in [5.74, 6) is 0. The Morgan fingerprint density at radius 3 is 2.72 bits per heavy atom. The minimum absolute atomic E-state index is 0.130. The van der Waals surface area contributed by atoms with Crippen molar-refractivity contribution in [3.8, 4) is 0 Å². The number of rotatable bonds is 3. The Bertz CT molecular complexity index is 563. The highest BCUT2D eigenvalue weighted by atomic mass is 35.5. The Morgan fingerprint density at radius 2 is 2.11 bits per heavy atom. The van der Waals surface area contributed by atoms with Crippen LogP contribution < -0.4 is 5.73 Å². The van der Waals surface area contributed by atoms with Gasteiger partial charge in [-0.2, -0.15) is 5.10 Å². The van der Waals surface area contributed by atoms with Crippen LogP contribution in [0.3, 0.4) is 0 Å². The topological polar surface area (TPSA) is 43.8 Å². The molecule has 0 bridgehead atoms. The minimum Gasteiger partial charge on any atom is -0.324 e. The molecule has 0 fully saturated rings. The molecule has 1 atom stereocenters. The Morgan fingerprint density at radius 1 is 1.39 bits per heavy atom. The fourth-order valence-electron chi connectivity index (χ4n) is 2.03. The zero-order valence-corrected chi connectivity index (χ0v) is 11.8. The molecule has 1 aromatic carbocycles. The van der Waals surface area contributed by atoms with Crippen molar-refractivity contribution in [3.05, 3.63) is 51.3 Å². The first-order valence-electron chi connectivity index (χ1n) is 5.67. The molecule has 0 spiro atoms. The third-order valence-electron chi connectivity index (χ3n) is 2.90. The number of benzene rings is 1. The van der Waals surface area contributed by atoms with Crippen molar-refractivity contribution in [2.45, 2.75) is 19.4 Å². The van der Waals surface area contributed by atoms with Gasteiger partial charge >= 0.3 is 0 Å². The van der Waals surface area contributed by atoms with Crippen LogP contribution in [0.25, 0.3) is 0 Å². The van der Waals surface area contributed by atoms with Gasteiger partial charge in [0.2, 0.25) is 0 Å². The number of aromatic nitrogens is 2. The Labute approximate surface area is 117 Å². The number of hydrogen-bond donors (Lipinski definition) is 1. The van der Waals surface area contributed by atoms with E-state index in [9.17, 15) is 0 Å². The van der Waals surface area contributed by atoms with Crippen molar-refractivity contribution in [1.82, 2.24) is 9.78 Å². The summed E-state index contributed by atoms with van der Waals surface area (Å²) in [5, 5.41) is 5.65. The van der Waals surface area contributed by atoms with Gasteiger partial charge in [-0.3, -0.25) is 4.68 Å². The lowest BCUT2D eigenvalue weighted by atomic mass is 10.0. The molecule has 0 aliphatic carbocycles. The molecule has 0 aliphatic heterocycles. The first-order valence-corrected chi connectivity index (χ1v) is 6.42. The first-order chi connectivity index (χ1) is 8.47. The van der Waals surface area contributed by atoms with Crippen molar-refractivity contribution in [1.29, 1.82) is 0 Å². The second kappa shape index (κ2) is 5.31. The summed E-state index contributed by atoms with van der Waals surface area (Å²) in [7, 11) is 1.88. The fourth-order valence-corrected chi connectivity index (χ4v) is 2.42. The largest absolute Gasteiger partial charge is 0.324 e. The monoisotopic (exact) mass is 283 g/mol. The molecule has 96 valence electrons. The van der Waals surface area contributed by atoms with Crippen molar-refractivity contribution in [2.24, 2.45) is 12.8 Å². The van der Waals surface area contributed by atoms with E-state index in [1.807, 2.05) is 26.2 Å². The maximum Gasteiger partial charge on any atom is 0.0641 e. The summed E-state index contributed by atoms with van der Waals surface area (Å²) in [6.07, 6.45) is 2.59. The van der Waals surface area contributed by atoms with Gasteiger partial charge in [-0.1, -0.05) is 23.2 Å². The fraction of sp³-hybridized carbons (Fsp3) is 0.308. The van der Waals surface area contributed by atoms with Gasteiger partial charge in [0, 0.05) is 34.9 Å². The highest BCUT2D eigenvalue weighted by Crippen LogP contribution is 2.26. The van der Waals surface area contributed by atoms with E-state index in [-0.39, 0.29) is 6.04 Å². The van der Waals surface area contributed by atoms with Crippen molar-refractivity contribution in [3.63, 3.8) is 0 Å². The zero-order chi connectivity index (χ0) is 13.3. The van der Waals surface area contributed by atoms with E-state index < -0.39 is 0 Å². The van der Waals surface area contributed by atoms with Crippen LogP contribution in [0.2, 0.25) is 10.0 Å². The van der Waals surface area contributed by atoms with E-state index in [2.05, 4.69) is 5.10 Å². The molecule has 1 aromatic heterocycles. The second-order valence-electron chi connectivity index (χ2n) is 4.39. The first kappa shape index (κ1) is 13.4. The normalized spacial score (nSPS) is 12.7. The average Bonchev–Trinajstić information content (AvgIpc) is 2.63. The molecule has 1 unspecified atom stereocenters. The van der Waals surface area contributed by atoms with Crippen LogP contribution in [0.15, 0.2) is 24.4 Å². The predicted octanol–water partition coefficient (Wildman–Crippen LogP) is 3.28. The number of nitrogens with two attached hydrogens (primary N) is 1. The van der Waals surface area contributed by atoms with Gasteiger partial charge in [0.05, 0.1) is 5.69 Å². The molecule has 0 saturated carbocycles. The maximum atomic E-state index is 6.21.